The molecule has 2 rings (SSSR count). The molecule has 0 saturated carbocycles. The van der Waals surface area contributed by atoms with Gasteiger partial charge in [0.25, 0.3) is 0 Å². The SMILES string of the molecule is Fc1cc2c(cc1F)CC(CBr)=C2. The average molecular weight is 245 g/mol. The van der Waals surface area contributed by atoms with Gasteiger partial charge in [0.05, 0.1) is 0 Å². The Hall–Kier alpha value is -0.700. The first-order chi connectivity index (χ1) is 6.20. The summed E-state index contributed by atoms with van der Waals surface area (Å²) >= 11 is 3.32. The van der Waals surface area contributed by atoms with Gasteiger partial charge in [-0.15, -0.1) is 0 Å². The van der Waals surface area contributed by atoms with Crippen molar-refractivity contribution in [2.24, 2.45) is 0 Å². The van der Waals surface area contributed by atoms with Gasteiger partial charge >= 0.3 is 0 Å². The topological polar surface area (TPSA) is 0 Å². The van der Waals surface area contributed by atoms with Crippen LogP contribution in [0, 0.1) is 11.6 Å². The van der Waals surface area contributed by atoms with Crippen molar-refractivity contribution < 1.29 is 8.78 Å². The number of allylic oxidation sites excluding steroid dienone is 1. The highest BCUT2D eigenvalue weighted by atomic mass is 79.9. The predicted molar refractivity (Wildman–Crippen MR) is 51.8 cm³/mol. The van der Waals surface area contributed by atoms with Crippen LogP contribution in [0.4, 0.5) is 8.78 Å². The van der Waals surface area contributed by atoms with E-state index in [2.05, 4.69) is 15.9 Å². The first-order valence-electron chi connectivity index (χ1n) is 3.94. The number of halogens is 3. The van der Waals surface area contributed by atoms with E-state index in [9.17, 15) is 8.78 Å². The van der Waals surface area contributed by atoms with E-state index in [1.807, 2.05) is 6.08 Å². The van der Waals surface area contributed by atoms with Crippen molar-refractivity contribution in [3.05, 3.63) is 40.5 Å². The predicted octanol–water partition coefficient (Wildman–Crippen LogP) is 3.30. The standard InChI is InChI=1S/C10H7BrF2/c11-5-6-1-7-3-9(12)10(13)4-8(7)2-6/h1,3-4H,2,5H2. The molecule has 0 bridgehead atoms. The Kier molecular flexibility index (Phi) is 2.20. The number of fused-ring (bicyclic) bond motifs is 1. The molecule has 0 radical (unpaired) electrons. The van der Waals surface area contributed by atoms with Gasteiger partial charge < -0.3 is 0 Å². The third kappa shape index (κ3) is 1.53. The minimum atomic E-state index is -0.772. The molecule has 13 heavy (non-hydrogen) atoms. The fourth-order valence-corrected chi connectivity index (χ4v) is 1.85. The lowest BCUT2D eigenvalue weighted by Crippen LogP contribution is -1.90. The molecule has 0 unspecified atom stereocenters. The van der Waals surface area contributed by atoms with Gasteiger partial charge in [0.2, 0.25) is 0 Å². The lowest BCUT2D eigenvalue weighted by Gasteiger charge is -1.99. The van der Waals surface area contributed by atoms with Crippen molar-refractivity contribution in [1.82, 2.24) is 0 Å². The van der Waals surface area contributed by atoms with Crippen LogP contribution in [0.3, 0.4) is 0 Å². The number of hydrogen-bond donors (Lipinski definition) is 0. The largest absolute Gasteiger partial charge is 0.204 e. The van der Waals surface area contributed by atoms with Gasteiger partial charge in [0, 0.05) is 5.33 Å². The first kappa shape index (κ1) is 8.88. The Morgan fingerprint density at radius 3 is 2.62 bits per heavy atom. The van der Waals surface area contributed by atoms with Crippen LogP contribution in [-0.2, 0) is 6.42 Å². The Morgan fingerprint density at radius 2 is 1.92 bits per heavy atom. The van der Waals surface area contributed by atoms with Crippen LogP contribution >= 0.6 is 15.9 Å². The lowest BCUT2D eigenvalue weighted by molar-refractivity contribution is 0.507. The maximum Gasteiger partial charge on any atom is 0.159 e. The summed E-state index contributed by atoms with van der Waals surface area (Å²) in [5.74, 6) is -1.53. The normalized spacial score (nSPS) is 14.2. The van der Waals surface area contributed by atoms with Crippen molar-refractivity contribution in [1.29, 1.82) is 0 Å². The zero-order valence-electron chi connectivity index (χ0n) is 6.78. The van der Waals surface area contributed by atoms with Gasteiger partial charge in [-0.3, -0.25) is 0 Å². The molecule has 0 aliphatic heterocycles. The van der Waals surface area contributed by atoms with Crippen LogP contribution in [0.5, 0.6) is 0 Å². The van der Waals surface area contributed by atoms with E-state index >= 15 is 0 Å². The second-order valence-corrected chi connectivity index (χ2v) is 3.64. The molecule has 0 saturated heterocycles. The minimum Gasteiger partial charge on any atom is -0.204 e. The summed E-state index contributed by atoms with van der Waals surface area (Å²) in [5, 5.41) is 0.755. The third-order valence-electron chi connectivity index (χ3n) is 2.13. The number of rotatable bonds is 1. The van der Waals surface area contributed by atoms with Crippen LogP contribution in [0.2, 0.25) is 0 Å². The number of hydrogen-bond acceptors (Lipinski definition) is 0. The molecule has 0 aromatic heterocycles. The minimum absolute atomic E-state index is 0.720. The summed E-state index contributed by atoms with van der Waals surface area (Å²) in [6.45, 7) is 0. The van der Waals surface area contributed by atoms with Crippen molar-refractivity contribution in [2.45, 2.75) is 6.42 Å². The van der Waals surface area contributed by atoms with Gasteiger partial charge in [-0.25, -0.2) is 8.78 Å². The fourth-order valence-electron chi connectivity index (χ4n) is 1.49. The van der Waals surface area contributed by atoms with Crippen molar-refractivity contribution in [3.63, 3.8) is 0 Å². The van der Waals surface area contributed by atoms with Gasteiger partial charge in [0.1, 0.15) is 0 Å². The van der Waals surface area contributed by atoms with E-state index in [-0.39, 0.29) is 0 Å². The number of benzene rings is 1. The molecule has 0 N–H and O–H groups in total. The van der Waals surface area contributed by atoms with Crippen LogP contribution in [0.15, 0.2) is 17.7 Å². The Balaban J connectivity index is 2.46. The van der Waals surface area contributed by atoms with E-state index in [0.717, 1.165) is 28.5 Å². The van der Waals surface area contributed by atoms with Gasteiger partial charge in [-0.05, 0) is 29.7 Å². The first-order valence-corrected chi connectivity index (χ1v) is 5.06. The third-order valence-corrected chi connectivity index (χ3v) is 2.85. The molecule has 68 valence electrons. The van der Waals surface area contributed by atoms with Gasteiger partial charge in [-0.2, -0.15) is 0 Å². The van der Waals surface area contributed by atoms with E-state index in [1.54, 1.807) is 0 Å². The summed E-state index contributed by atoms with van der Waals surface area (Å²) in [7, 11) is 0. The lowest BCUT2D eigenvalue weighted by atomic mass is 10.1. The quantitative estimate of drug-likeness (QED) is 0.666. The van der Waals surface area contributed by atoms with Crippen LogP contribution in [-0.4, -0.2) is 5.33 Å². The Morgan fingerprint density at radius 1 is 1.23 bits per heavy atom. The second kappa shape index (κ2) is 3.22. The summed E-state index contributed by atoms with van der Waals surface area (Å²) in [5.41, 5.74) is 2.82. The highest BCUT2D eigenvalue weighted by Gasteiger charge is 2.14. The maximum atomic E-state index is 12.8. The van der Waals surface area contributed by atoms with Crippen molar-refractivity contribution >= 4 is 22.0 Å². The molecule has 0 spiro atoms. The molecule has 1 aliphatic rings. The zero-order chi connectivity index (χ0) is 9.42. The van der Waals surface area contributed by atoms with E-state index < -0.39 is 11.6 Å². The van der Waals surface area contributed by atoms with Gasteiger partial charge in [-0.1, -0.05) is 27.6 Å². The van der Waals surface area contributed by atoms with Crippen molar-refractivity contribution in [2.75, 3.05) is 5.33 Å². The number of alkyl halides is 1. The van der Waals surface area contributed by atoms with Crippen LogP contribution < -0.4 is 0 Å². The molecule has 3 heteroatoms. The molecular weight excluding hydrogens is 238 g/mol. The molecule has 1 aliphatic carbocycles. The molecule has 0 fully saturated rings. The fraction of sp³-hybridized carbons (Fsp3) is 0.200. The second-order valence-electron chi connectivity index (χ2n) is 3.08. The van der Waals surface area contributed by atoms with Crippen LogP contribution in [0.25, 0.3) is 6.08 Å². The smallest absolute Gasteiger partial charge is 0.159 e. The highest BCUT2D eigenvalue weighted by molar-refractivity contribution is 9.09. The summed E-state index contributed by atoms with van der Waals surface area (Å²) in [4.78, 5) is 0. The maximum absolute atomic E-state index is 12.8. The molecule has 1 aromatic carbocycles. The van der Waals surface area contributed by atoms with E-state index in [1.165, 1.54) is 12.1 Å². The molecule has 0 atom stereocenters. The van der Waals surface area contributed by atoms with Crippen molar-refractivity contribution in [3.8, 4) is 0 Å². The summed E-state index contributed by atoms with van der Waals surface area (Å²) < 4.78 is 25.6. The van der Waals surface area contributed by atoms with Gasteiger partial charge in [0.15, 0.2) is 11.6 Å². The van der Waals surface area contributed by atoms with Crippen LogP contribution in [0.1, 0.15) is 11.1 Å². The Bertz CT molecular complexity index is 383. The van der Waals surface area contributed by atoms with E-state index in [0.29, 0.717) is 0 Å². The summed E-state index contributed by atoms with van der Waals surface area (Å²) in [6, 6.07) is 2.52. The summed E-state index contributed by atoms with van der Waals surface area (Å²) in [6.07, 6.45) is 2.62. The molecular formula is C10H7BrF2. The molecule has 1 aromatic rings. The average Bonchev–Trinajstić information content (AvgIpc) is 2.48. The molecule has 0 heterocycles. The monoisotopic (exact) mass is 244 g/mol. The highest BCUT2D eigenvalue weighted by Crippen LogP contribution is 2.27. The Labute approximate surface area is 83.4 Å². The molecule has 0 nitrogen and oxygen atoms in total. The molecule has 0 amide bonds. The van der Waals surface area contributed by atoms with E-state index in [4.69, 9.17) is 0 Å². The zero-order valence-corrected chi connectivity index (χ0v) is 8.37.